The van der Waals surface area contributed by atoms with Gasteiger partial charge in [0.15, 0.2) is 11.6 Å². The Morgan fingerprint density at radius 2 is 1.61 bits per heavy atom. The molecule has 0 radical (unpaired) electrons. The fraction of sp³-hybridized carbons (Fsp3) is 0.161. The second-order valence-electron chi connectivity index (χ2n) is 10.8. The van der Waals surface area contributed by atoms with Crippen LogP contribution in [-0.2, 0) is 9.59 Å². The molecule has 0 aliphatic heterocycles. The highest BCUT2D eigenvalue weighted by atomic mass is 32.1. The van der Waals surface area contributed by atoms with Crippen molar-refractivity contribution in [1.29, 1.82) is 0 Å². The number of allylic oxidation sites excluding steroid dienone is 1. The van der Waals surface area contributed by atoms with Crippen LogP contribution < -0.4 is 0 Å². The van der Waals surface area contributed by atoms with Crippen LogP contribution in [0.4, 0.5) is 0 Å². The lowest BCUT2D eigenvalue weighted by atomic mass is 9.74. The van der Waals surface area contributed by atoms with Crippen molar-refractivity contribution in [3.05, 3.63) is 71.1 Å². The maximum Gasteiger partial charge on any atom is 0.167 e. The van der Waals surface area contributed by atoms with Crippen LogP contribution in [0, 0.1) is 5.41 Å². The first kappa shape index (κ1) is 20.6. The van der Waals surface area contributed by atoms with Gasteiger partial charge in [0.1, 0.15) is 4.83 Å². The SMILES string of the molecule is CC1(C)CC(=O)C(=Cc2cc3sc4c(c5cccc6ccc7c8ccccc8n4c7c65)c3s2)C(=O)C1. The van der Waals surface area contributed by atoms with Crippen molar-refractivity contribution < 1.29 is 9.59 Å². The smallest absolute Gasteiger partial charge is 0.167 e. The molecule has 0 saturated heterocycles. The molecule has 7 aromatic rings. The molecule has 5 heteroatoms. The summed E-state index contributed by atoms with van der Waals surface area (Å²) in [5.41, 5.74) is 2.63. The molecule has 0 amide bonds. The quantitative estimate of drug-likeness (QED) is 0.166. The highest BCUT2D eigenvalue weighted by molar-refractivity contribution is 7.33. The topological polar surface area (TPSA) is 38.5 Å². The Balaban J connectivity index is 1.46. The van der Waals surface area contributed by atoms with E-state index in [2.05, 4.69) is 65.1 Å². The van der Waals surface area contributed by atoms with Crippen LogP contribution in [0.25, 0.3) is 63.7 Å². The first-order valence-corrected chi connectivity index (χ1v) is 13.8. The molecule has 1 fully saturated rings. The molecular weight excluding hydrogens is 482 g/mol. The summed E-state index contributed by atoms with van der Waals surface area (Å²) in [4.78, 5) is 27.8. The van der Waals surface area contributed by atoms with E-state index in [9.17, 15) is 9.59 Å². The summed E-state index contributed by atoms with van der Waals surface area (Å²) in [6.07, 6.45) is 2.69. The number of aromatic nitrogens is 1. The monoisotopic (exact) mass is 503 g/mol. The standard InChI is InChI=1S/C31H21NO2S2/c1-31(2)14-23(33)21(24(34)15-31)12-17-13-25-29(35-17)27-20-8-5-6-16-10-11-19-18-7-3-4-9-22(18)32(30(27)36-25)28(19)26(16)20/h3-13H,14-15H2,1-2H3. The van der Waals surface area contributed by atoms with Crippen LogP contribution in [0.5, 0.6) is 0 Å². The Bertz CT molecular complexity index is 2090. The van der Waals surface area contributed by atoms with Crippen LogP contribution >= 0.6 is 22.7 Å². The van der Waals surface area contributed by atoms with Crippen molar-refractivity contribution in [1.82, 2.24) is 4.40 Å². The molecule has 1 aliphatic carbocycles. The lowest BCUT2D eigenvalue weighted by Gasteiger charge is -2.28. The molecule has 36 heavy (non-hydrogen) atoms. The number of para-hydroxylation sites is 1. The summed E-state index contributed by atoms with van der Waals surface area (Å²) in [6.45, 7) is 3.99. The third-order valence-electron chi connectivity index (χ3n) is 7.68. The fourth-order valence-electron chi connectivity index (χ4n) is 6.19. The van der Waals surface area contributed by atoms with Gasteiger partial charge in [-0.15, -0.1) is 22.7 Å². The molecule has 0 bridgehead atoms. The van der Waals surface area contributed by atoms with E-state index in [1.165, 1.54) is 57.6 Å². The van der Waals surface area contributed by atoms with Gasteiger partial charge in [-0.2, -0.15) is 0 Å². The number of thiophene rings is 2. The Kier molecular flexibility index (Phi) is 3.90. The third-order valence-corrected chi connectivity index (χ3v) is 10.0. The summed E-state index contributed by atoms with van der Waals surface area (Å²) in [6, 6.07) is 21.9. The van der Waals surface area contributed by atoms with Crippen molar-refractivity contribution >= 4 is 97.9 Å². The van der Waals surface area contributed by atoms with Crippen molar-refractivity contribution in [3.8, 4) is 0 Å². The van der Waals surface area contributed by atoms with Crippen LogP contribution in [0.1, 0.15) is 31.6 Å². The van der Waals surface area contributed by atoms with E-state index >= 15 is 0 Å². The minimum Gasteiger partial charge on any atom is -0.299 e. The Morgan fingerprint density at radius 1 is 0.833 bits per heavy atom. The minimum atomic E-state index is -0.253. The van der Waals surface area contributed by atoms with Crippen LogP contribution in [0.15, 0.2) is 66.2 Å². The van der Waals surface area contributed by atoms with Gasteiger partial charge in [0.2, 0.25) is 0 Å². The maximum absolute atomic E-state index is 12.8. The second-order valence-corrected chi connectivity index (χ2v) is 12.9. The maximum atomic E-state index is 12.8. The lowest BCUT2D eigenvalue weighted by Crippen LogP contribution is -2.31. The number of pyridine rings is 1. The lowest BCUT2D eigenvalue weighted by molar-refractivity contribution is -0.127. The molecule has 0 spiro atoms. The Morgan fingerprint density at radius 3 is 2.44 bits per heavy atom. The average molecular weight is 504 g/mol. The van der Waals surface area contributed by atoms with E-state index in [1.807, 2.05) is 19.9 Å². The van der Waals surface area contributed by atoms with E-state index in [1.54, 1.807) is 22.7 Å². The summed E-state index contributed by atoms with van der Waals surface area (Å²) >= 11 is 3.49. The molecule has 0 atom stereocenters. The number of carbonyl (C=O) groups is 2. The van der Waals surface area contributed by atoms with Crippen molar-refractivity contribution in [2.75, 3.05) is 0 Å². The number of hydrogen-bond donors (Lipinski definition) is 0. The van der Waals surface area contributed by atoms with Gasteiger partial charge in [-0.3, -0.25) is 14.0 Å². The second kappa shape index (κ2) is 6.81. The summed E-state index contributed by atoms with van der Waals surface area (Å²) < 4.78 is 4.87. The van der Waals surface area contributed by atoms with Crippen molar-refractivity contribution in [3.63, 3.8) is 0 Å². The number of benzene rings is 3. The molecule has 1 aliphatic rings. The van der Waals surface area contributed by atoms with Gasteiger partial charge in [-0.25, -0.2) is 0 Å². The van der Waals surface area contributed by atoms with Crippen molar-refractivity contribution in [2.45, 2.75) is 26.7 Å². The first-order chi connectivity index (χ1) is 17.4. The van der Waals surface area contributed by atoms with Gasteiger partial charge in [-0.1, -0.05) is 62.4 Å². The largest absolute Gasteiger partial charge is 0.299 e. The highest BCUT2D eigenvalue weighted by Crippen LogP contribution is 2.48. The zero-order valence-corrected chi connectivity index (χ0v) is 21.5. The molecule has 4 aromatic heterocycles. The van der Waals surface area contributed by atoms with Gasteiger partial charge in [0.05, 0.1) is 21.3 Å². The molecule has 174 valence electrons. The zero-order chi connectivity index (χ0) is 24.3. The number of rotatable bonds is 1. The summed E-state index contributed by atoms with van der Waals surface area (Å²) in [5, 5.41) is 7.63. The molecule has 8 rings (SSSR count). The summed E-state index contributed by atoms with van der Waals surface area (Å²) in [7, 11) is 0. The molecule has 4 heterocycles. The predicted molar refractivity (Wildman–Crippen MR) is 153 cm³/mol. The number of Topliss-reactive ketones (excluding diaryl/α,β-unsaturated/α-hetero) is 2. The normalized spacial score (nSPS) is 16.7. The van der Waals surface area contributed by atoms with Gasteiger partial charge in [-0.05, 0) is 34.4 Å². The van der Waals surface area contributed by atoms with E-state index in [0.717, 1.165) is 4.88 Å². The molecule has 3 nitrogen and oxygen atoms in total. The molecule has 0 unspecified atom stereocenters. The van der Waals surface area contributed by atoms with Gasteiger partial charge in [0.25, 0.3) is 0 Å². The zero-order valence-electron chi connectivity index (χ0n) is 19.8. The molecular formula is C31H21NO2S2. The summed E-state index contributed by atoms with van der Waals surface area (Å²) in [5.74, 6) is -0.0649. The van der Waals surface area contributed by atoms with Crippen LogP contribution in [0.2, 0.25) is 0 Å². The first-order valence-electron chi connectivity index (χ1n) is 12.2. The number of carbonyl (C=O) groups excluding carboxylic acids is 2. The van der Waals surface area contributed by atoms with Gasteiger partial charge in [0, 0.05) is 44.0 Å². The Hall–Kier alpha value is -3.54. The van der Waals surface area contributed by atoms with Crippen LogP contribution in [-0.4, -0.2) is 16.0 Å². The predicted octanol–water partition coefficient (Wildman–Crippen LogP) is 8.61. The Labute approximate surface area is 214 Å². The van der Waals surface area contributed by atoms with Gasteiger partial charge >= 0.3 is 0 Å². The molecule has 0 N–H and O–H groups in total. The minimum absolute atomic E-state index is 0.0325. The van der Waals surface area contributed by atoms with E-state index < -0.39 is 0 Å². The number of hydrogen-bond acceptors (Lipinski definition) is 4. The molecule has 1 saturated carbocycles. The fourth-order valence-corrected chi connectivity index (χ4v) is 8.82. The highest BCUT2D eigenvalue weighted by Gasteiger charge is 2.35. The number of fused-ring (bicyclic) bond motifs is 8. The van der Waals surface area contributed by atoms with Gasteiger partial charge < -0.3 is 0 Å². The number of ketones is 2. The molecule has 3 aromatic carbocycles. The van der Waals surface area contributed by atoms with Crippen molar-refractivity contribution in [2.24, 2.45) is 5.41 Å². The number of nitrogens with zero attached hydrogens (tertiary/aromatic N) is 1. The van der Waals surface area contributed by atoms with E-state index in [0.29, 0.717) is 18.4 Å². The van der Waals surface area contributed by atoms with Crippen LogP contribution in [0.3, 0.4) is 0 Å². The van der Waals surface area contributed by atoms with E-state index in [4.69, 9.17) is 0 Å². The third kappa shape index (κ3) is 2.62. The average Bonchev–Trinajstić information content (AvgIpc) is 3.49. The van der Waals surface area contributed by atoms with E-state index in [-0.39, 0.29) is 17.0 Å².